The van der Waals surface area contributed by atoms with E-state index in [1.165, 1.54) is 142 Å². The molecule has 0 saturated heterocycles. The second-order valence-corrected chi connectivity index (χ2v) is 30.4. The van der Waals surface area contributed by atoms with Gasteiger partial charge in [0.25, 0.3) is 0 Å². The molecule has 8 aromatic rings. The molecule has 0 unspecified atom stereocenters. The summed E-state index contributed by atoms with van der Waals surface area (Å²) in [5, 5.41) is 22.1. The number of nitrogens with zero attached hydrogens (tertiary/aromatic N) is 7. The summed E-state index contributed by atoms with van der Waals surface area (Å²) < 4.78 is 23.7. The van der Waals surface area contributed by atoms with Crippen LogP contribution >= 0.6 is 34.8 Å². The van der Waals surface area contributed by atoms with Crippen molar-refractivity contribution in [3.05, 3.63) is 119 Å². The molecule has 0 aliphatic heterocycles. The summed E-state index contributed by atoms with van der Waals surface area (Å²) >= 11 is 18.9. The number of aromatic amines is 1. The van der Waals surface area contributed by atoms with Crippen LogP contribution in [-0.4, -0.2) is 93.7 Å². The van der Waals surface area contributed by atoms with Gasteiger partial charge < -0.3 is 0 Å². The van der Waals surface area contributed by atoms with E-state index < -0.39 is 5.82 Å². The van der Waals surface area contributed by atoms with Crippen LogP contribution in [0.4, 0.5) is 21.6 Å². The second kappa shape index (κ2) is 28.5. The molecule has 1 fully saturated rings. The number of nitrogens with two attached hydrogens (primary N) is 1. The maximum absolute atomic E-state index is 13.3. The monoisotopic (exact) mass is 1370 g/mol. The van der Waals surface area contributed by atoms with Gasteiger partial charge >= 0.3 is 395 Å². The van der Waals surface area contributed by atoms with E-state index in [0.717, 1.165) is 124 Å². The number of Topliss-reactive ketones (excluding diaryl/α,β-unsaturated/α-hetero) is 1. The number of nitriles is 2. The molecule has 14 rings (SSSR count). The molecule has 0 spiro atoms. The minimum absolute atomic E-state index is 0.0735. The predicted octanol–water partition coefficient (Wildman–Crippen LogP) is 12.4. The van der Waals surface area contributed by atoms with Crippen molar-refractivity contribution in [2.45, 2.75) is 161 Å². The van der Waals surface area contributed by atoms with Crippen molar-refractivity contribution in [1.82, 2.24) is 29.9 Å². The zero-order valence-electron chi connectivity index (χ0n) is 43.3. The first kappa shape index (κ1) is 58.5. The van der Waals surface area contributed by atoms with Crippen molar-refractivity contribution < 1.29 is 9.18 Å². The number of allylic oxidation sites excluding steroid dienone is 2. The SMILES string of the molecule is Clc1ncnc2c3c([se]c12)CCCC3.Fc1ccc(Nc2ncnc3c4c([se]c23)CCCC4)cc1Cl.N#CC1=C(Cl)CCCC1.N#Cc1[se]c2c(c1N)CCCC2.O=C1CCCCC1.O=c1[nH]cnc2c3c([se]c12)CCCC3. The van der Waals surface area contributed by atoms with E-state index in [1.54, 1.807) is 33.7 Å². The van der Waals surface area contributed by atoms with Crippen LogP contribution in [0.1, 0.15) is 154 Å². The Hall–Kier alpha value is -4.17. The molecule has 1 saturated carbocycles. The van der Waals surface area contributed by atoms with Crippen LogP contribution in [0, 0.1) is 28.5 Å². The van der Waals surface area contributed by atoms with Gasteiger partial charge in [0, 0.05) is 23.4 Å². The molecular formula is C58H60Cl3FN10O2Se4. The van der Waals surface area contributed by atoms with Crippen LogP contribution in [0.5, 0.6) is 0 Å². The Morgan fingerprint density at radius 1 is 0.564 bits per heavy atom. The molecule has 78 heavy (non-hydrogen) atoms. The van der Waals surface area contributed by atoms with Crippen molar-refractivity contribution in [1.29, 1.82) is 10.5 Å². The van der Waals surface area contributed by atoms with E-state index in [2.05, 4.69) is 47.4 Å². The summed E-state index contributed by atoms with van der Waals surface area (Å²) in [5.74, 6) is 0.870. The van der Waals surface area contributed by atoms with E-state index >= 15 is 0 Å². The summed E-state index contributed by atoms with van der Waals surface area (Å²) in [5.41, 5.74) is 17.2. The summed E-state index contributed by atoms with van der Waals surface area (Å²) in [6.45, 7) is 0. The molecule has 0 radical (unpaired) electrons. The molecule has 7 aromatic heterocycles. The molecule has 0 amide bonds. The number of halogens is 4. The fourth-order valence-corrected chi connectivity index (χ4v) is 21.5. The third kappa shape index (κ3) is 14.5. The number of anilines is 3. The van der Waals surface area contributed by atoms with Gasteiger partial charge in [-0.25, -0.2) is 0 Å². The normalized spacial score (nSPS) is 16.3. The molecule has 6 aliphatic carbocycles. The molecular weight excluding hydrogens is 1310 g/mol. The number of nitrogens with one attached hydrogen (secondary N) is 2. The molecule has 12 nitrogen and oxygen atoms in total. The number of rotatable bonds is 2. The molecule has 0 bridgehead atoms. The average Bonchev–Trinajstić information content (AvgIpc) is 4.35. The summed E-state index contributed by atoms with van der Waals surface area (Å²) in [6.07, 6.45) is 33.6. The number of nitrogen functional groups attached to an aromatic ring is 1. The second-order valence-electron chi connectivity index (χ2n) is 19.9. The van der Waals surface area contributed by atoms with E-state index in [1.807, 2.05) is 0 Å². The number of carbonyl (C=O) groups excluding carboxylic acids is 1. The maximum atomic E-state index is 13.3. The van der Waals surface area contributed by atoms with Crippen molar-refractivity contribution in [3.8, 4) is 12.1 Å². The van der Waals surface area contributed by atoms with E-state index in [4.69, 9.17) is 51.1 Å². The first-order chi connectivity index (χ1) is 38.0. The van der Waals surface area contributed by atoms with Gasteiger partial charge in [-0.3, -0.25) is 4.79 Å². The van der Waals surface area contributed by atoms with Gasteiger partial charge in [-0.15, -0.1) is 0 Å². The number of aromatic nitrogens is 6. The minimum atomic E-state index is -0.415. The number of hydrogen-bond donors (Lipinski definition) is 3. The van der Waals surface area contributed by atoms with Crippen LogP contribution < -0.4 is 16.6 Å². The summed E-state index contributed by atoms with van der Waals surface area (Å²) in [4.78, 5) is 46.3. The summed E-state index contributed by atoms with van der Waals surface area (Å²) in [6, 6.07) is 8.93. The zero-order chi connectivity index (χ0) is 54.5. The number of fused-ring (bicyclic) bond motifs is 10. The van der Waals surface area contributed by atoms with E-state index in [-0.39, 0.29) is 39.6 Å². The average molecular weight is 1370 g/mol. The number of ketones is 1. The fourth-order valence-electron chi connectivity index (χ4n) is 10.5. The fraction of sp³-hybridized carbons (Fsp3) is 0.431. The van der Waals surface area contributed by atoms with Crippen molar-refractivity contribution in [3.63, 3.8) is 0 Å². The third-order valence-electron chi connectivity index (χ3n) is 14.6. The Morgan fingerprint density at radius 3 is 1.63 bits per heavy atom. The Bertz CT molecular complexity index is 3620. The van der Waals surface area contributed by atoms with Crippen LogP contribution in [-0.2, 0) is 56.2 Å². The molecule has 1 aromatic carbocycles. The van der Waals surface area contributed by atoms with Gasteiger partial charge in [0.1, 0.15) is 5.78 Å². The van der Waals surface area contributed by atoms with Crippen LogP contribution in [0.2, 0.25) is 10.2 Å². The van der Waals surface area contributed by atoms with E-state index in [9.17, 15) is 14.0 Å². The Morgan fingerprint density at radius 2 is 1.08 bits per heavy atom. The molecule has 0 atom stereocenters. The van der Waals surface area contributed by atoms with Gasteiger partial charge in [-0.05, 0) is 38.5 Å². The quantitative estimate of drug-likeness (QED) is 0.110. The molecule has 4 N–H and O–H groups in total. The number of H-pyrrole nitrogens is 1. The Kier molecular flexibility index (Phi) is 21.4. The van der Waals surface area contributed by atoms with Gasteiger partial charge in [0.2, 0.25) is 0 Å². The van der Waals surface area contributed by atoms with Gasteiger partial charge in [-0.1, -0.05) is 18.0 Å². The topological polar surface area (TPSA) is 200 Å². The summed E-state index contributed by atoms with van der Waals surface area (Å²) in [7, 11) is 0. The Balaban J connectivity index is 0.000000118. The molecule has 406 valence electrons. The van der Waals surface area contributed by atoms with Crippen molar-refractivity contribution in [2.75, 3.05) is 11.1 Å². The van der Waals surface area contributed by atoms with Crippen molar-refractivity contribution in [2.24, 2.45) is 0 Å². The van der Waals surface area contributed by atoms with Crippen molar-refractivity contribution >= 4 is 145 Å². The Labute approximate surface area is 492 Å². The van der Waals surface area contributed by atoms with Gasteiger partial charge in [-0.2, -0.15) is 5.26 Å². The standard InChI is InChI=1S/C16H13ClFN3Se.C10H9ClN2Se.C10H10N2OSe.C9H10N2Se.C7H8ClN.C6H10O/c17-11-7-9(5-6-12(11)18)21-16-15-14(19-8-20-16)10-3-1-2-4-13(10)22-15;11-10-9-8(12-5-13-10)6-3-1-2-4-7(6)14-9;13-10-9-8(11-5-12-10)6-3-1-2-4-7(6)14-9;10-5-8-9(11)6-3-1-2-4-7(6)12-8;8-7-4-2-1-3-6(7)5-9;7-6-4-2-1-3-5-6/h5-8H,1-4H2,(H,19,20,21);5H,1-4H2;5H,1-4H2,(H,11,12,13);1-4,11H2;1-4H2;1-5H2. The first-order valence-electron chi connectivity index (χ1n) is 27.0. The molecule has 6 aliphatic rings. The first-order valence-corrected chi connectivity index (χ1v) is 34.9. The number of hydrogen-bond acceptors (Lipinski definition) is 11. The predicted molar refractivity (Wildman–Crippen MR) is 316 cm³/mol. The van der Waals surface area contributed by atoms with Crippen LogP contribution in [0.25, 0.3) is 29.3 Å². The number of aryl methyl sites for hydroxylation is 7. The van der Waals surface area contributed by atoms with Crippen LogP contribution in [0.3, 0.4) is 0 Å². The van der Waals surface area contributed by atoms with E-state index in [0.29, 0.717) is 39.9 Å². The van der Waals surface area contributed by atoms with Crippen LogP contribution in [0.15, 0.2) is 52.6 Å². The van der Waals surface area contributed by atoms with Gasteiger partial charge in [0.05, 0.1) is 6.07 Å². The molecule has 20 heteroatoms. The number of benzene rings is 1. The number of carbonyl (C=O) groups is 1. The third-order valence-corrected chi connectivity index (χ3v) is 26.5. The van der Waals surface area contributed by atoms with Gasteiger partial charge in [0.15, 0.2) is 0 Å². The molecule has 7 heterocycles. The zero-order valence-corrected chi connectivity index (χ0v) is 52.4.